The van der Waals surface area contributed by atoms with Gasteiger partial charge < -0.3 is 14.8 Å². The van der Waals surface area contributed by atoms with Crippen LogP contribution < -0.4 is 14.9 Å². The van der Waals surface area contributed by atoms with Crippen molar-refractivity contribution in [1.29, 1.82) is 0 Å². The van der Waals surface area contributed by atoms with Gasteiger partial charge in [0.2, 0.25) is 0 Å². The molecule has 0 radical (unpaired) electrons. The van der Waals surface area contributed by atoms with Crippen LogP contribution in [-0.2, 0) is 22.6 Å². The lowest BCUT2D eigenvalue weighted by Gasteiger charge is -2.17. The van der Waals surface area contributed by atoms with E-state index in [-0.39, 0.29) is 23.2 Å². The molecule has 0 fully saturated rings. The maximum atomic E-state index is 12.9. The average molecular weight is 537 g/mol. The number of aromatic nitrogens is 3. The number of carbonyl (C=O) groups is 2. The van der Waals surface area contributed by atoms with Gasteiger partial charge >= 0.3 is 10.8 Å². The summed E-state index contributed by atoms with van der Waals surface area (Å²) in [5.41, 5.74) is 3.33. The summed E-state index contributed by atoms with van der Waals surface area (Å²) >= 11 is 0.976. The van der Waals surface area contributed by atoms with Crippen LogP contribution in [0.2, 0.25) is 0 Å². The summed E-state index contributed by atoms with van der Waals surface area (Å²) in [5, 5.41) is 10.9. The highest BCUT2D eigenvalue weighted by Crippen LogP contribution is 2.21. The van der Waals surface area contributed by atoms with E-state index in [0.717, 1.165) is 33.5 Å². The number of nitrogens with one attached hydrogen (secondary N) is 2. The molecule has 0 aliphatic carbocycles. The SMILES string of the molecule is CC.COC(=O)CCC(Cc1n[nH]c(=O)s1)NC(=O)c1ccc(OCc2cc(C)nc3ccccc23)cc1. The molecule has 0 aliphatic heterocycles. The number of H-pyrrole nitrogens is 1. The lowest BCUT2D eigenvalue weighted by molar-refractivity contribution is -0.140. The van der Waals surface area contributed by atoms with Crippen molar-refractivity contribution in [3.8, 4) is 5.75 Å². The zero-order valence-corrected chi connectivity index (χ0v) is 22.8. The molecule has 0 aliphatic rings. The smallest absolute Gasteiger partial charge is 0.322 e. The third-order valence-corrected chi connectivity index (χ3v) is 6.37. The maximum Gasteiger partial charge on any atom is 0.322 e. The molecule has 0 spiro atoms. The second-order valence-electron chi connectivity index (χ2n) is 8.25. The fraction of sp³-hybridized carbons (Fsp3) is 0.321. The minimum Gasteiger partial charge on any atom is -0.489 e. The first-order valence-electron chi connectivity index (χ1n) is 12.4. The highest BCUT2D eigenvalue weighted by atomic mass is 32.1. The van der Waals surface area contributed by atoms with E-state index < -0.39 is 6.04 Å². The third-order valence-electron chi connectivity index (χ3n) is 5.60. The molecule has 2 aromatic carbocycles. The second kappa shape index (κ2) is 14.0. The molecule has 4 rings (SSSR count). The number of pyridine rings is 1. The van der Waals surface area contributed by atoms with Gasteiger partial charge in [-0.1, -0.05) is 43.4 Å². The monoisotopic (exact) mass is 536 g/mol. The third kappa shape index (κ3) is 7.97. The molecule has 0 saturated carbocycles. The van der Waals surface area contributed by atoms with E-state index in [4.69, 9.17) is 9.47 Å². The van der Waals surface area contributed by atoms with Crippen molar-refractivity contribution in [2.75, 3.05) is 7.11 Å². The van der Waals surface area contributed by atoms with Gasteiger partial charge in [0.15, 0.2) is 0 Å². The summed E-state index contributed by atoms with van der Waals surface area (Å²) in [4.78, 5) is 40.2. The summed E-state index contributed by atoms with van der Waals surface area (Å²) in [7, 11) is 1.32. The fourth-order valence-electron chi connectivity index (χ4n) is 3.82. The van der Waals surface area contributed by atoms with Gasteiger partial charge in [0, 0.05) is 41.1 Å². The van der Waals surface area contributed by atoms with E-state index in [9.17, 15) is 14.4 Å². The van der Waals surface area contributed by atoms with Crippen LogP contribution in [0.25, 0.3) is 10.9 Å². The average Bonchev–Trinajstić information content (AvgIpc) is 3.35. The van der Waals surface area contributed by atoms with Crippen LogP contribution in [0.4, 0.5) is 0 Å². The van der Waals surface area contributed by atoms with E-state index >= 15 is 0 Å². The van der Waals surface area contributed by atoms with Crippen LogP contribution in [0.3, 0.4) is 0 Å². The molecule has 9 nitrogen and oxygen atoms in total. The van der Waals surface area contributed by atoms with Gasteiger partial charge in [-0.3, -0.25) is 19.4 Å². The van der Waals surface area contributed by atoms with Crippen molar-refractivity contribution in [3.05, 3.63) is 86.1 Å². The molecule has 0 saturated heterocycles. The van der Waals surface area contributed by atoms with Crippen LogP contribution in [0.15, 0.2) is 59.4 Å². The Morgan fingerprint density at radius 2 is 1.84 bits per heavy atom. The molecule has 38 heavy (non-hydrogen) atoms. The van der Waals surface area contributed by atoms with Crippen molar-refractivity contribution in [2.24, 2.45) is 0 Å². The van der Waals surface area contributed by atoms with Crippen molar-refractivity contribution >= 4 is 34.1 Å². The normalized spacial score (nSPS) is 11.3. The summed E-state index contributed by atoms with van der Waals surface area (Å²) in [6.45, 7) is 6.33. The summed E-state index contributed by atoms with van der Waals surface area (Å²) in [6.07, 6.45) is 0.816. The van der Waals surface area contributed by atoms with Gasteiger partial charge in [-0.2, -0.15) is 5.10 Å². The molecular weight excluding hydrogens is 504 g/mol. The van der Waals surface area contributed by atoms with Gasteiger partial charge in [0.25, 0.3) is 5.91 Å². The zero-order chi connectivity index (χ0) is 27.5. The van der Waals surface area contributed by atoms with E-state index in [1.165, 1.54) is 7.11 Å². The molecule has 2 aromatic heterocycles. The predicted octanol–water partition coefficient (Wildman–Crippen LogP) is 4.59. The molecule has 1 unspecified atom stereocenters. The van der Waals surface area contributed by atoms with E-state index in [2.05, 4.69) is 20.5 Å². The molecule has 0 bridgehead atoms. The van der Waals surface area contributed by atoms with Crippen LogP contribution in [0.5, 0.6) is 5.75 Å². The first kappa shape index (κ1) is 28.5. The second-order valence-corrected chi connectivity index (χ2v) is 9.30. The minimum absolute atomic E-state index is 0.136. The summed E-state index contributed by atoms with van der Waals surface area (Å²) < 4.78 is 10.7. The predicted molar refractivity (Wildman–Crippen MR) is 148 cm³/mol. The van der Waals surface area contributed by atoms with Gasteiger partial charge in [0.1, 0.15) is 17.4 Å². The Labute approximate surface area is 225 Å². The number of hydrogen-bond acceptors (Lipinski definition) is 8. The molecule has 200 valence electrons. The standard InChI is InChI=1S/C26H26N4O5S.C2H6/c1-16-13-18(21-5-3-4-6-22(21)27-16)15-35-20-10-7-17(8-11-20)25(32)28-19(9-12-24(31)34-2)14-23-29-30-26(33)36-23;1-2/h3-8,10-11,13,19H,9,12,14-15H2,1-2H3,(H,28,32)(H,30,33);1-2H3. The minimum atomic E-state index is -0.394. The van der Waals surface area contributed by atoms with Crippen molar-refractivity contribution < 1.29 is 19.1 Å². The van der Waals surface area contributed by atoms with Crippen LogP contribution >= 0.6 is 11.3 Å². The van der Waals surface area contributed by atoms with E-state index in [1.807, 2.05) is 51.1 Å². The molecule has 2 heterocycles. The molecular formula is C28H32N4O5S. The summed E-state index contributed by atoms with van der Waals surface area (Å²) in [6, 6.07) is 16.4. The van der Waals surface area contributed by atoms with Gasteiger partial charge in [-0.05, 0) is 49.7 Å². The van der Waals surface area contributed by atoms with Gasteiger partial charge in [0.05, 0.1) is 12.6 Å². The number of benzene rings is 2. The van der Waals surface area contributed by atoms with E-state index in [0.29, 0.717) is 35.8 Å². The Kier molecular flexibility index (Phi) is 10.5. The van der Waals surface area contributed by atoms with E-state index in [1.54, 1.807) is 24.3 Å². The van der Waals surface area contributed by atoms with Crippen LogP contribution in [0.1, 0.15) is 53.3 Å². The highest BCUT2D eigenvalue weighted by Gasteiger charge is 2.18. The number of amides is 1. The largest absolute Gasteiger partial charge is 0.489 e. The lowest BCUT2D eigenvalue weighted by atomic mass is 10.1. The number of fused-ring (bicyclic) bond motifs is 1. The number of esters is 1. The first-order chi connectivity index (χ1) is 18.4. The Morgan fingerprint density at radius 1 is 1.11 bits per heavy atom. The van der Waals surface area contributed by atoms with Crippen molar-refractivity contribution in [3.63, 3.8) is 0 Å². The topological polar surface area (TPSA) is 123 Å². The number of nitrogens with zero attached hydrogens (tertiary/aromatic N) is 2. The Balaban J connectivity index is 0.00000195. The molecule has 2 N–H and O–H groups in total. The molecule has 10 heteroatoms. The number of aromatic amines is 1. The summed E-state index contributed by atoms with van der Waals surface area (Å²) in [5.74, 6) is -0.0353. The maximum absolute atomic E-state index is 12.9. The number of rotatable bonds is 10. The Hall–Kier alpha value is -4.05. The number of para-hydroxylation sites is 1. The number of ether oxygens (including phenoxy) is 2. The van der Waals surface area contributed by atoms with Crippen molar-refractivity contribution in [2.45, 2.75) is 52.7 Å². The fourth-order valence-corrected chi connectivity index (χ4v) is 4.51. The van der Waals surface area contributed by atoms with Gasteiger partial charge in [-0.25, -0.2) is 5.10 Å². The molecule has 1 atom stereocenters. The highest BCUT2D eigenvalue weighted by molar-refractivity contribution is 7.08. The Morgan fingerprint density at radius 3 is 2.53 bits per heavy atom. The van der Waals surface area contributed by atoms with Gasteiger partial charge in [-0.15, -0.1) is 0 Å². The molecule has 4 aromatic rings. The van der Waals surface area contributed by atoms with Crippen molar-refractivity contribution in [1.82, 2.24) is 20.5 Å². The molecule has 1 amide bonds. The number of aryl methyl sites for hydroxylation is 1. The van der Waals surface area contributed by atoms with Crippen LogP contribution in [0, 0.1) is 6.92 Å². The number of hydrogen-bond donors (Lipinski definition) is 2. The Bertz CT molecular complexity index is 1410. The lowest BCUT2D eigenvalue weighted by Crippen LogP contribution is -2.37. The number of carbonyl (C=O) groups excluding carboxylic acids is 2. The number of methoxy groups -OCH3 is 1. The van der Waals surface area contributed by atoms with Crippen LogP contribution in [-0.4, -0.2) is 40.2 Å². The quantitative estimate of drug-likeness (QED) is 0.284. The first-order valence-corrected chi connectivity index (χ1v) is 13.2. The zero-order valence-electron chi connectivity index (χ0n) is 21.9.